The van der Waals surface area contributed by atoms with Crippen LogP contribution in [0.2, 0.25) is 5.02 Å². The Bertz CT molecular complexity index is 774. The van der Waals surface area contributed by atoms with E-state index in [1.807, 2.05) is 18.2 Å². The molecule has 0 atom stereocenters. The number of benzene rings is 2. The highest BCUT2D eigenvalue weighted by atomic mass is 35.5. The molecule has 0 unspecified atom stereocenters. The van der Waals surface area contributed by atoms with Crippen molar-refractivity contribution in [2.45, 2.75) is 17.9 Å². The highest BCUT2D eigenvalue weighted by Gasteiger charge is 2.18. The summed E-state index contributed by atoms with van der Waals surface area (Å²) in [6, 6.07) is 12.1. The van der Waals surface area contributed by atoms with Gasteiger partial charge in [0.05, 0.1) is 11.6 Å². The van der Waals surface area contributed by atoms with Crippen LogP contribution >= 0.6 is 11.6 Å². The van der Waals surface area contributed by atoms with Gasteiger partial charge in [-0.3, -0.25) is 0 Å². The van der Waals surface area contributed by atoms with E-state index in [2.05, 4.69) is 4.72 Å². The van der Waals surface area contributed by atoms with Crippen LogP contribution in [-0.2, 0) is 23.0 Å². The van der Waals surface area contributed by atoms with Gasteiger partial charge < -0.3 is 4.74 Å². The topological polar surface area (TPSA) is 55.4 Å². The fraction of sp³-hybridized carbons (Fsp3) is 0.200. The lowest BCUT2D eigenvalue weighted by atomic mass is 10.1. The average molecular weight is 324 g/mol. The van der Waals surface area contributed by atoms with Crippen molar-refractivity contribution < 1.29 is 13.2 Å². The molecular formula is C15H14ClNO3S. The first-order valence-corrected chi connectivity index (χ1v) is 8.41. The molecule has 0 aromatic heterocycles. The zero-order chi connectivity index (χ0) is 14.9. The van der Waals surface area contributed by atoms with Gasteiger partial charge in [-0.15, -0.1) is 0 Å². The molecule has 0 saturated heterocycles. The first-order chi connectivity index (χ1) is 10.1. The fourth-order valence-corrected chi connectivity index (χ4v) is 3.80. The summed E-state index contributed by atoms with van der Waals surface area (Å²) < 4.78 is 32.5. The van der Waals surface area contributed by atoms with Crippen molar-refractivity contribution in [2.24, 2.45) is 0 Å². The average Bonchev–Trinajstić information content (AvgIpc) is 2.93. The summed E-state index contributed by atoms with van der Waals surface area (Å²) >= 11 is 5.93. The lowest BCUT2D eigenvalue weighted by molar-refractivity contribution is 0.357. The standard InChI is InChI=1S/C15H14ClNO3S/c16-13-3-1-2-4-15(13)21(18,19)17-10-11-5-6-14-12(9-11)7-8-20-14/h1-6,9,17H,7-8,10H2. The Morgan fingerprint density at radius 3 is 2.81 bits per heavy atom. The second-order valence-corrected chi connectivity index (χ2v) is 6.94. The van der Waals surface area contributed by atoms with E-state index in [4.69, 9.17) is 16.3 Å². The van der Waals surface area contributed by atoms with Gasteiger partial charge in [0.25, 0.3) is 0 Å². The Labute approximate surface area is 128 Å². The summed E-state index contributed by atoms with van der Waals surface area (Å²) in [4.78, 5) is 0.0937. The molecule has 3 rings (SSSR count). The van der Waals surface area contributed by atoms with Crippen LogP contribution in [0.25, 0.3) is 0 Å². The zero-order valence-electron chi connectivity index (χ0n) is 11.2. The minimum Gasteiger partial charge on any atom is -0.493 e. The number of hydrogen-bond acceptors (Lipinski definition) is 3. The predicted octanol–water partition coefficient (Wildman–Crippen LogP) is 2.75. The smallest absolute Gasteiger partial charge is 0.242 e. The SMILES string of the molecule is O=S(=O)(NCc1ccc2c(c1)CCO2)c1ccccc1Cl. The van der Waals surface area contributed by atoms with E-state index in [-0.39, 0.29) is 16.5 Å². The van der Waals surface area contributed by atoms with Crippen LogP contribution in [0.3, 0.4) is 0 Å². The summed E-state index contributed by atoms with van der Waals surface area (Å²) in [6.45, 7) is 0.908. The van der Waals surface area contributed by atoms with Crippen LogP contribution < -0.4 is 9.46 Å². The van der Waals surface area contributed by atoms with Crippen molar-refractivity contribution in [2.75, 3.05) is 6.61 Å². The van der Waals surface area contributed by atoms with E-state index in [1.165, 1.54) is 6.07 Å². The molecule has 0 saturated carbocycles. The van der Waals surface area contributed by atoms with E-state index in [9.17, 15) is 8.42 Å². The lowest BCUT2D eigenvalue weighted by Gasteiger charge is -2.09. The third kappa shape index (κ3) is 3.05. The number of ether oxygens (including phenoxy) is 1. The lowest BCUT2D eigenvalue weighted by Crippen LogP contribution is -2.23. The summed E-state index contributed by atoms with van der Waals surface area (Å²) in [6.07, 6.45) is 0.862. The highest BCUT2D eigenvalue weighted by molar-refractivity contribution is 7.89. The molecule has 2 aromatic carbocycles. The summed E-state index contributed by atoms with van der Waals surface area (Å²) in [7, 11) is -3.62. The van der Waals surface area contributed by atoms with E-state index in [1.54, 1.807) is 18.2 Å². The van der Waals surface area contributed by atoms with Gasteiger partial charge in [-0.1, -0.05) is 35.9 Å². The molecule has 4 nitrogen and oxygen atoms in total. The monoisotopic (exact) mass is 323 g/mol. The molecule has 0 bridgehead atoms. The van der Waals surface area contributed by atoms with Crippen molar-refractivity contribution in [3.8, 4) is 5.75 Å². The molecule has 1 aliphatic heterocycles. The van der Waals surface area contributed by atoms with Gasteiger partial charge in [-0.25, -0.2) is 13.1 Å². The molecule has 110 valence electrons. The third-order valence-corrected chi connectivity index (χ3v) is 5.25. The van der Waals surface area contributed by atoms with Gasteiger partial charge in [0, 0.05) is 13.0 Å². The van der Waals surface area contributed by atoms with E-state index < -0.39 is 10.0 Å². The van der Waals surface area contributed by atoms with Gasteiger partial charge in [-0.2, -0.15) is 0 Å². The van der Waals surface area contributed by atoms with Crippen molar-refractivity contribution >= 4 is 21.6 Å². The number of halogens is 1. The van der Waals surface area contributed by atoms with Crippen LogP contribution in [0.4, 0.5) is 0 Å². The quantitative estimate of drug-likeness (QED) is 0.941. The number of sulfonamides is 1. The molecule has 1 heterocycles. The number of hydrogen-bond donors (Lipinski definition) is 1. The maximum Gasteiger partial charge on any atom is 0.242 e. The van der Waals surface area contributed by atoms with Crippen LogP contribution in [-0.4, -0.2) is 15.0 Å². The normalized spacial score (nSPS) is 13.8. The van der Waals surface area contributed by atoms with Crippen molar-refractivity contribution in [1.82, 2.24) is 4.72 Å². The molecule has 0 spiro atoms. The molecule has 6 heteroatoms. The van der Waals surface area contributed by atoms with Gasteiger partial charge in [-0.05, 0) is 29.3 Å². The second-order valence-electron chi connectivity index (χ2n) is 4.80. The number of rotatable bonds is 4. The fourth-order valence-electron chi connectivity index (χ4n) is 2.27. The minimum atomic E-state index is -3.62. The molecule has 21 heavy (non-hydrogen) atoms. The van der Waals surface area contributed by atoms with Gasteiger partial charge in [0.15, 0.2) is 0 Å². The third-order valence-electron chi connectivity index (χ3n) is 3.35. The summed E-state index contributed by atoms with van der Waals surface area (Å²) in [5, 5.41) is 0.215. The van der Waals surface area contributed by atoms with E-state index in [0.717, 1.165) is 23.3 Å². The Balaban J connectivity index is 1.77. The summed E-state index contributed by atoms with van der Waals surface area (Å²) in [5.74, 6) is 0.882. The van der Waals surface area contributed by atoms with E-state index in [0.29, 0.717) is 6.61 Å². The second kappa shape index (κ2) is 5.67. The molecule has 2 aromatic rings. The highest BCUT2D eigenvalue weighted by Crippen LogP contribution is 2.26. The van der Waals surface area contributed by atoms with Crippen molar-refractivity contribution in [3.05, 3.63) is 58.6 Å². The number of nitrogens with one attached hydrogen (secondary N) is 1. The van der Waals surface area contributed by atoms with Crippen LogP contribution in [0.15, 0.2) is 47.4 Å². The van der Waals surface area contributed by atoms with Crippen molar-refractivity contribution in [1.29, 1.82) is 0 Å². The number of fused-ring (bicyclic) bond motifs is 1. The molecule has 1 aliphatic rings. The van der Waals surface area contributed by atoms with Crippen LogP contribution in [0.1, 0.15) is 11.1 Å². The van der Waals surface area contributed by atoms with Crippen LogP contribution in [0, 0.1) is 0 Å². The summed E-state index contributed by atoms with van der Waals surface area (Å²) in [5.41, 5.74) is 2.01. The Hall–Kier alpha value is -1.56. The Kier molecular flexibility index (Phi) is 3.89. The van der Waals surface area contributed by atoms with Gasteiger partial charge in [0.1, 0.15) is 10.6 Å². The maximum absolute atomic E-state index is 12.2. The first-order valence-electron chi connectivity index (χ1n) is 6.55. The Morgan fingerprint density at radius 2 is 2.00 bits per heavy atom. The van der Waals surface area contributed by atoms with Crippen LogP contribution in [0.5, 0.6) is 5.75 Å². The van der Waals surface area contributed by atoms with Crippen molar-refractivity contribution in [3.63, 3.8) is 0 Å². The van der Waals surface area contributed by atoms with Gasteiger partial charge >= 0.3 is 0 Å². The first kappa shape index (κ1) is 14.4. The maximum atomic E-state index is 12.2. The molecule has 0 fully saturated rings. The van der Waals surface area contributed by atoms with Gasteiger partial charge in [0.2, 0.25) is 10.0 Å². The minimum absolute atomic E-state index is 0.0937. The molecule has 0 amide bonds. The Morgan fingerprint density at radius 1 is 1.19 bits per heavy atom. The molecule has 0 radical (unpaired) electrons. The zero-order valence-corrected chi connectivity index (χ0v) is 12.7. The molecule has 0 aliphatic carbocycles. The van der Waals surface area contributed by atoms with E-state index >= 15 is 0 Å². The largest absolute Gasteiger partial charge is 0.493 e. The molecular weight excluding hydrogens is 310 g/mol. The molecule has 1 N–H and O–H groups in total. The predicted molar refractivity (Wildman–Crippen MR) is 81.1 cm³/mol.